The van der Waals surface area contributed by atoms with Crippen molar-refractivity contribution in [3.05, 3.63) is 29.3 Å². The second kappa shape index (κ2) is 3.23. The number of aryl methyl sites for hydroxylation is 1. The van der Waals surface area contributed by atoms with Gasteiger partial charge in [0.2, 0.25) is 10.0 Å². The summed E-state index contributed by atoms with van der Waals surface area (Å²) in [5, 5.41) is -0.113. The summed E-state index contributed by atoms with van der Waals surface area (Å²) in [6, 6.07) is 6.02. The normalized spacial score (nSPS) is 19.9. The van der Waals surface area contributed by atoms with Gasteiger partial charge >= 0.3 is 0 Å². The minimum atomic E-state index is -3.07. The van der Waals surface area contributed by atoms with E-state index >= 15 is 0 Å². The van der Waals surface area contributed by atoms with Crippen LogP contribution < -0.4 is 4.31 Å². The second-order valence-electron chi connectivity index (χ2n) is 4.65. The van der Waals surface area contributed by atoms with E-state index in [1.54, 1.807) is 4.31 Å². The molecule has 0 N–H and O–H groups in total. The predicted molar refractivity (Wildman–Crippen MR) is 64.2 cm³/mol. The van der Waals surface area contributed by atoms with E-state index in [9.17, 15) is 8.42 Å². The maximum atomic E-state index is 12.2. The van der Waals surface area contributed by atoms with Crippen LogP contribution in [-0.4, -0.2) is 20.2 Å². The summed E-state index contributed by atoms with van der Waals surface area (Å²) in [6.45, 7) is 2.61. The highest BCUT2D eigenvalue weighted by Crippen LogP contribution is 2.39. The molecule has 0 amide bonds. The van der Waals surface area contributed by atoms with Crippen molar-refractivity contribution in [3.63, 3.8) is 0 Å². The van der Waals surface area contributed by atoms with Crippen LogP contribution in [0.25, 0.3) is 0 Å². The molecular weight excluding hydrogens is 222 g/mol. The number of hydrogen-bond donors (Lipinski definition) is 0. The van der Waals surface area contributed by atoms with Crippen molar-refractivity contribution in [1.82, 2.24) is 0 Å². The van der Waals surface area contributed by atoms with Crippen LogP contribution in [0.4, 0.5) is 5.69 Å². The van der Waals surface area contributed by atoms with Crippen LogP contribution in [0.15, 0.2) is 18.2 Å². The molecule has 1 aromatic rings. The van der Waals surface area contributed by atoms with E-state index in [0.717, 1.165) is 30.5 Å². The van der Waals surface area contributed by atoms with Crippen molar-refractivity contribution in [1.29, 1.82) is 0 Å². The van der Waals surface area contributed by atoms with Gasteiger partial charge in [-0.05, 0) is 37.3 Å². The Bertz CT molecular complexity index is 532. The summed E-state index contributed by atoms with van der Waals surface area (Å²) in [4.78, 5) is 0. The zero-order valence-electron chi connectivity index (χ0n) is 9.31. The number of sulfonamides is 1. The summed E-state index contributed by atoms with van der Waals surface area (Å²) in [5.74, 6) is 0. The van der Waals surface area contributed by atoms with Crippen molar-refractivity contribution >= 4 is 15.7 Å². The average Bonchev–Trinajstić information content (AvgIpc) is 2.99. The molecular formula is C12H15NO2S. The fraction of sp³-hybridized carbons (Fsp3) is 0.500. The number of nitrogens with zero attached hydrogens (tertiary/aromatic N) is 1. The fourth-order valence-electron chi connectivity index (χ4n) is 2.41. The van der Waals surface area contributed by atoms with Crippen LogP contribution in [0.2, 0.25) is 0 Å². The molecule has 1 saturated carbocycles. The van der Waals surface area contributed by atoms with Crippen molar-refractivity contribution in [2.75, 3.05) is 10.8 Å². The molecule has 0 aromatic heterocycles. The molecule has 0 saturated heterocycles. The van der Waals surface area contributed by atoms with Gasteiger partial charge in [0.15, 0.2) is 0 Å². The van der Waals surface area contributed by atoms with Crippen molar-refractivity contribution in [2.45, 2.75) is 31.4 Å². The van der Waals surface area contributed by atoms with Gasteiger partial charge in [-0.25, -0.2) is 8.42 Å². The van der Waals surface area contributed by atoms with E-state index in [2.05, 4.69) is 0 Å². The Morgan fingerprint density at radius 1 is 1.31 bits per heavy atom. The molecule has 0 spiro atoms. The zero-order chi connectivity index (χ0) is 11.3. The minimum Gasteiger partial charge on any atom is -0.269 e. The van der Waals surface area contributed by atoms with Crippen LogP contribution in [0.3, 0.4) is 0 Å². The molecule has 0 atom stereocenters. The lowest BCUT2D eigenvalue weighted by Crippen LogP contribution is -2.32. The third-order valence-corrected chi connectivity index (χ3v) is 5.70. The number of benzene rings is 1. The monoisotopic (exact) mass is 237 g/mol. The van der Waals surface area contributed by atoms with Crippen LogP contribution in [-0.2, 0) is 16.4 Å². The smallest absolute Gasteiger partial charge is 0.238 e. The van der Waals surface area contributed by atoms with E-state index in [1.807, 2.05) is 25.1 Å². The van der Waals surface area contributed by atoms with E-state index in [-0.39, 0.29) is 5.25 Å². The topological polar surface area (TPSA) is 37.4 Å². The van der Waals surface area contributed by atoms with Crippen LogP contribution in [0, 0.1) is 6.92 Å². The van der Waals surface area contributed by atoms with E-state index in [0.29, 0.717) is 6.54 Å². The van der Waals surface area contributed by atoms with Crippen LogP contribution >= 0.6 is 0 Å². The van der Waals surface area contributed by atoms with Crippen LogP contribution in [0.5, 0.6) is 0 Å². The predicted octanol–water partition coefficient (Wildman–Crippen LogP) is 1.85. The van der Waals surface area contributed by atoms with Gasteiger partial charge in [0.05, 0.1) is 10.9 Å². The first kappa shape index (κ1) is 10.1. The largest absolute Gasteiger partial charge is 0.269 e. The maximum absolute atomic E-state index is 12.2. The lowest BCUT2D eigenvalue weighted by atomic mass is 10.1. The zero-order valence-corrected chi connectivity index (χ0v) is 10.1. The summed E-state index contributed by atoms with van der Waals surface area (Å²) in [5.41, 5.74) is 3.18. The lowest BCUT2D eigenvalue weighted by Gasteiger charge is -2.20. The van der Waals surface area contributed by atoms with E-state index in [4.69, 9.17) is 0 Å². The average molecular weight is 237 g/mol. The summed E-state index contributed by atoms with van der Waals surface area (Å²) < 4.78 is 26.1. The molecule has 16 heavy (non-hydrogen) atoms. The van der Waals surface area contributed by atoms with Gasteiger partial charge in [-0.1, -0.05) is 18.2 Å². The Kier molecular flexibility index (Phi) is 2.05. The second-order valence-corrected chi connectivity index (χ2v) is 6.79. The third kappa shape index (κ3) is 1.36. The molecule has 1 fully saturated rings. The first-order valence-corrected chi connectivity index (χ1v) is 7.21. The van der Waals surface area contributed by atoms with E-state index < -0.39 is 10.0 Å². The van der Waals surface area contributed by atoms with Gasteiger partial charge < -0.3 is 0 Å². The number of rotatable bonds is 2. The molecule has 1 aliphatic heterocycles. The van der Waals surface area contributed by atoms with Gasteiger partial charge in [0.25, 0.3) is 0 Å². The lowest BCUT2D eigenvalue weighted by molar-refractivity contribution is 0.591. The van der Waals surface area contributed by atoms with Crippen molar-refractivity contribution in [3.8, 4) is 0 Å². The highest BCUT2D eigenvalue weighted by Gasteiger charge is 2.42. The van der Waals surface area contributed by atoms with Gasteiger partial charge in [0.1, 0.15) is 0 Å². The maximum Gasteiger partial charge on any atom is 0.238 e. The number of anilines is 1. The number of fused-ring (bicyclic) bond motifs is 1. The third-order valence-electron chi connectivity index (χ3n) is 3.41. The van der Waals surface area contributed by atoms with Crippen LogP contribution in [0.1, 0.15) is 24.0 Å². The van der Waals surface area contributed by atoms with Gasteiger partial charge in [-0.2, -0.15) is 0 Å². The highest BCUT2D eigenvalue weighted by molar-refractivity contribution is 7.93. The molecule has 0 radical (unpaired) electrons. The molecule has 1 aliphatic carbocycles. The molecule has 2 aliphatic rings. The summed E-state index contributed by atoms with van der Waals surface area (Å²) >= 11 is 0. The molecule has 4 heteroatoms. The van der Waals surface area contributed by atoms with Gasteiger partial charge in [-0.3, -0.25) is 4.31 Å². The quantitative estimate of drug-likeness (QED) is 0.787. The molecule has 1 heterocycles. The molecule has 1 aromatic carbocycles. The molecule has 3 nitrogen and oxygen atoms in total. The first-order chi connectivity index (χ1) is 7.60. The summed E-state index contributed by atoms with van der Waals surface area (Å²) in [7, 11) is -3.07. The molecule has 3 rings (SSSR count). The standard InChI is InChI=1S/C12H15NO2S/c1-9-3-2-4-10-7-8-13(12(9)10)16(14,15)11-5-6-11/h2-4,11H,5-8H2,1H3. The number of para-hydroxylation sites is 1. The molecule has 0 unspecified atom stereocenters. The Morgan fingerprint density at radius 3 is 2.75 bits per heavy atom. The molecule has 86 valence electrons. The Balaban J connectivity index is 2.09. The highest BCUT2D eigenvalue weighted by atomic mass is 32.2. The fourth-order valence-corrected chi connectivity index (χ4v) is 4.37. The van der Waals surface area contributed by atoms with Gasteiger partial charge in [-0.15, -0.1) is 0 Å². The Morgan fingerprint density at radius 2 is 2.06 bits per heavy atom. The Labute approximate surface area is 96.1 Å². The van der Waals surface area contributed by atoms with Crippen molar-refractivity contribution < 1.29 is 8.42 Å². The summed E-state index contributed by atoms with van der Waals surface area (Å²) in [6.07, 6.45) is 2.52. The van der Waals surface area contributed by atoms with Crippen molar-refractivity contribution in [2.24, 2.45) is 0 Å². The van der Waals surface area contributed by atoms with E-state index in [1.165, 1.54) is 5.56 Å². The number of hydrogen-bond acceptors (Lipinski definition) is 2. The Hall–Kier alpha value is -1.03. The minimum absolute atomic E-state index is 0.113. The first-order valence-electron chi connectivity index (χ1n) is 5.71. The molecule has 0 bridgehead atoms. The van der Waals surface area contributed by atoms with Gasteiger partial charge in [0, 0.05) is 6.54 Å². The SMILES string of the molecule is Cc1cccc2c1N(S(=O)(=O)C1CC1)CC2.